The maximum absolute atomic E-state index is 12.3. The Morgan fingerprint density at radius 3 is 2.68 bits per heavy atom. The van der Waals surface area contributed by atoms with Crippen molar-refractivity contribution in [2.75, 3.05) is 13.7 Å². The molecule has 0 spiro atoms. The predicted molar refractivity (Wildman–Crippen MR) is 67.1 cm³/mol. The van der Waals surface area contributed by atoms with Crippen LogP contribution in [0.5, 0.6) is 0 Å². The van der Waals surface area contributed by atoms with Gasteiger partial charge in [0.2, 0.25) is 0 Å². The highest BCUT2D eigenvalue weighted by Gasteiger charge is 2.31. The van der Waals surface area contributed by atoms with E-state index in [4.69, 9.17) is 9.84 Å². The van der Waals surface area contributed by atoms with Gasteiger partial charge in [-0.2, -0.15) is 0 Å². The van der Waals surface area contributed by atoms with Crippen LogP contribution in [0.4, 0.5) is 0 Å². The molecule has 0 saturated carbocycles. The highest BCUT2D eigenvalue weighted by Crippen LogP contribution is 2.19. The molecule has 1 aromatic rings. The number of likely N-dealkylation sites (N-methyl/N-ethyl adjacent to an activating group) is 1. The minimum atomic E-state index is -1.14. The molecule has 2 atom stereocenters. The highest BCUT2D eigenvalue weighted by molar-refractivity contribution is 5.94. The fraction of sp³-hybridized carbons (Fsp3) is 0.462. The lowest BCUT2D eigenvalue weighted by molar-refractivity contribution is 0.0569. The molecule has 1 N–H and O–H groups in total. The van der Waals surface area contributed by atoms with Gasteiger partial charge in [-0.15, -0.1) is 0 Å². The maximum atomic E-state index is 12.3. The third-order valence-electron chi connectivity index (χ3n) is 3.34. The van der Waals surface area contributed by atoms with Crippen LogP contribution in [0.2, 0.25) is 0 Å². The number of carbonyl (C=O) groups excluding carboxylic acids is 1. The smallest absolute Gasteiger partial charge is 0.354 e. The van der Waals surface area contributed by atoms with Gasteiger partial charge in [-0.3, -0.25) is 4.79 Å². The van der Waals surface area contributed by atoms with Crippen LogP contribution in [-0.2, 0) is 4.74 Å². The summed E-state index contributed by atoms with van der Waals surface area (Å²) >= 11 is 0. The van der Waals surface area contributed by atoms with Crippen molar-refractivity contribution in [3.05, 3.63) is 29.6 Å². The van der Waals surface area contributed by atoms with Gasteiger partial charge in [0.1, 0.15) is 11.4 Å². The number of rotatable bonds is 3. The minimum Gasteiger partial charge on any atom is -0.477 e. The second-order valence-corrected chi connectivity index (χ2v) is 4.56. The molecule has 6 heteroatoms. The van der Waals surface area contributed by atoms with Crippen LogP contribution in [0.25, 0.3) is 0 Å². The van der Waals surface area contributed by atoms with E-state index in [0.29, 0.717) is 6.61 Å². The molecule has 1 aliphatic rings. The van der Waals surface area contributed by atoms with E-state index in [-0.39, 0.29) is 29.4 Å². The molecule has 0 aliphatic carbocycles. The molecule has 2 rings (SSSR count). The van der Waals surface area contributed by atoms with Crippen LogP contribution >= 0.6 is 0 Å². The Balaban J connectivity index is 2.19. The third kappa shape index (κ3) is 2.73. The second-order valence-electron chi connectivity index (χ2n) is 4.56. The maximum Gasteiger partial charge on any atom is 0.354 e. The van der Waals surface area contributed by atoms with E-state index < -0.39 is 5.97 Å². The van der Waals surface area contributed by atoms with Crippen molar-refractivity contribution in [1.29, 1.82) is 0 Å². The number of carbonyl (C=O) groups is 2. The second kappa shape index (κ2) is 5.36. The summed E-state index contributed by atoms with van der Waals surface area (Å²) in [6, 6.07) is 4.40. The summed E-state index contributed by atoms with van der Waals surface area (Å²) in [4.78, 5) is 28.5. The molecule has 1 saturated heterocycles. The van der Waals surface area contributed by atoms with Crippen LogP contribution in [0.1, 0.15) is 34.3 Å². The summed E-state index contributed by atoms with van der Waals surface area (Å²) in [5, 5.41) is 8.88. The normalized spacial score (nSPS) is 22.2. The average Bonchev–Trinajstić information content (AvgIpc) is 2.83. The SMILES string of the molecule is CC1OCCC1N(C)C(=O)c1cccc(C(=O)O)n1. The minimum absolute atomic E-state index is 0.00258. The number of carboxylic acid groups (broad SMARTS) is 1. The monoisotopic (exact) mass is 264 g/mol. The summed E-state index contributed by atoms with van der Waals surface area (Å²) in [5.41, 5.74) is 0.0106. The number of carboxylic acids is 1. The van der Waals surface area contributed by atoms with Gasteiger partial charge < -0.3 is 14.7 Å². The first-order valence-corrected chi connectivity index (χ1v) is 6.10. The third-order valence-corrected chi connectivity index (χ3v) is 3.34. The molecule has 0 aromatic carbocycles. The Bertz CT molecular complexity index is 503. The van der Waals surface area contributed by atoms with Crippen molar-refractivity contribution in [1.82, 2.24) is 9.88 Å². The van der Waals surface area contributed by atoms with Gasteiger partial charge in [-0.25, -0.2) is 9.78 Å². The van der Waals surface area contributed by atoms with E-state index in [1.165, 1.54) is 18.2 Å². The van der Waals surface area contributed by atoms with Gasteiger partial charge >= 0.3 is 5.97 Å². The number of ether oxygens (including phenoxy) is 1. The quantitative estimate of drug-likeness (QED) is 0.882. The van der Waals surface area contributed by atoms with E-state index >= 15 is 0 Å². The Hall–Kier alpha value is -1.95. The summed E-state index contributed by atoms with van der Waals surface area (Å²) < 4.78 is 5.43. The fourth-order valence-electron chi connectivity index (χ4n) is 2.23. The molecule has 2 heterocycles. The van der Waals surface area contributed by atoms with E-state index in [9.17, 15) is 9.59 Å². The Kier molecular flexibility index (Phi) is 3.80. The van der Waals surface area contributed by atoms with Gasteiger partial charge in [-0.05, 0) is 25.5 Å². The van der Waals surface area contributed by atoms with E-state index in [1.54, 1.807) is 11.9 Å². The van der Waals surface area contributed by atoms with Crippen molar-refractivity contribution >= 4 is 11.9 Å². The number of pyridine rings is 1. The van der Waals surface area contributed by atoms with Crippen LogP contribution < -0.4 is 0 Å². The zero-order chi connectivity index (χ0) is 14.0. The molecule has 2 unspecified atom stereocenters. The van der Waals surface area contributed by atoms with E-state index in [2.05, 4.69) is 4.98 Å². The highest BCUT2D eigenvalue weighted by atomic mass is 16.5. The summed E-state index contributed by atoms with van der Waals surface area (Å²) in [6.45, 7) is 2.55. The number of hydrogen-bond donors (Lipinski definition) is 1. The van der Waals surface area contributed by atoms with Crippen molar-refractivity contribution in [3.8, 4) is 0 Å². The number of aromatic carboxylic acids is 1. The summed E-state index contributed by atoms with van der Waals surface area (Å²) in [6.07, 6.45) is 0.763. The molecule has 102 valence electrons. The lowest BCUT2D eigenvalue weighted by atomic mass is 10.1. The fourth-order valence-corrected chi connectivity index (χ4v) is 2.23. The average molecular weight is 264 g/mol. The molecule has 1 amide bonds. The van der Waals surface area contributed by atoms with E-state index in [1.807, 2.05) is 6.92 Å². The van der Waals surface area contributed by atoms with Crippen molar-refractivity contribution in [2.24, 2.45) is 0 Å². The van der Waals surface area contributed by atoms with Gasteiger partial charge in [0.05, 0.1) is 12.1 Å². The van der Waals surface area contributed by atoms with Crippen LogP contribution in [0, 0.1) is 0 Å². The lowest BCUT2D eigenvalue weighted by Crippen LogP contribution is -2.41. The Morgan fingerprint density at radius 2 is 2.11 bits per heavy atom. The van der Waals surface area contributed by atoms with Crippen molar-refractivity contribution in [2.45, 2.75) is 25.5 Å². The topological polar surface area (TPSA) is 79.7 Å². The van der Waals surface area contributed by atoms with Crippen molar-refractivity contribution in [3.63, 3.8) is 0 Å². The molecular formula is C13H16N2O4. The van der Waals surface area contributed by atoms with E-state index in [0.717, 1.165) is 6.42 Å². The molecule has 19 heavy (non-hydrogen) atoms. The first-order valence-electron chi connectivity index (χ1n) is 6.10. The van der Waals surface area contributed by atoms with Crippen LogP contribution in [0.3, 0.4) is 0 Å². The first-order chi connectivity index (χ1) is 9.00. The predicted octanol–water partition coefficient (Wildman–Crippen LogP) is 1.03. The number of aromatic nitrogens is 1. The molecule has 6 nitrogen and oxygen atoms in total. The van der Waals surface area contributed by atoms with Gasteiger partial charge in [0, 0.05) is 13.7 Å². The number of amides is 1. The Labute approximate surface area is 111 Å². The molecule has 1 aliphatic heterocycles. The van der Waals surface area contributed by atoms with Crippen LogP contribution in [-0.4, -0.2) is 52.7 Å². The molecule has 0 radical (unpaired) electrons. The van der Waals surface area contributed by atoms with Gasteiger partial charge in [0.25, 0.3) is 5.91 Å². The molecule has 1 aromatic heterocycles. The summed E-state index contributed by atoms with van der Waals surface area (Å²) in [7, 11) is 1.69. The number of hydrogen-bond acceptors (Lipinski definition) is 4. The zero-order valence-electron chi connectivity index (χ0n) is 10.9. The first kappa shape index (κ1) is 13.5. The Morgan fingerprint density at radius 1 is 1.42 bits per heavy atom. The summed E-state index contributed by atoms with van der Waals surface area (Å²) in [5.74, 6) is -1.43. The molecular weight excluding hydrogens is 248 g/mol. The zero-order valence-corrected chi connectivity index (χ0v) is 10.9. The van der Waals surface area contributed by atoms with Gasteiger partial charge in [-0.1, -0.05) is 6.07 Å². The van der Waals surface area contributed by atoms with Crippen molar-refractivity contribution < 1.29 is 19.4 Å². The molecule has 1 fully saturated rings. The number of nitrogens with zero attached hydrogens (tertiary/aromatic N) is 2. The lowest BCUT2D eigenvalue weighted by Gasteiger charge is -2.26. The van der Waals surface area contributed by atoms with Crippen LogP contribution in [0.15, 0.2) is 18.2 Å². The molecule has 0 bridgehead atoms. The largest absolute Gasteiger partial charge is 0.477 e. The van der Waals surface area contributed by atoms with Gasteiger partial charge in [0.15, 0.2) is 0 Å². The standard InChI is InChI=1S/C13H16N2O4/c1-8-11(6-7-19-8)15(2)12(16)9-4-3-5-10(14-9)13(17)18/h3-5,8,11H,6-7H2,1-2H3,(H,17,18).